The van der Waals surface area contributed by atoms with Gasteiger partial charge in [0.05, 0.1) is 14.2 Å². The minimum Gasteiger partial charge on any atom is -0.508 e. The molecule has 0 unspecified atom stereocenters. The largest absolute Gasteiger partial charge is 0.508 e. The molecule has 2 N–H and O–H groups in total. The van der Waals surface area contributed by atoms with Crippen LogP contribution in [0.3, 0.4) is 0 Å². The van der Waals surface area contributed by atoms with Gasteiger partial charge in [0.25, 0.3) is 0 Å². The van der Waals surface area contributed by atoms with Crippen molar-refractivity contribution in [2.75, 3.05) is 14.2 Å². The third-order valence-corrected chi connectivity index (χ3v) is 5.27. The second-order valence-corrected chi connectivity index (χ2v) is 7.32. The molecule has 32 heavy (non-hydrogen) atoms. The molecule has 0 aliphatic carbocycles. The summed E-state index contributed by atoms with van der Waals surface area (Å²) in [6.07, 6.45) is 7.95. The van der Waals surface area contributed by atoms with Crippen molar-refractivity contribution >= 4 is 35.1 Å². The van der Waals surface area contributed by atoms with Gasteiger partial charge in [0, 0.05) is 21.9 Å². The summed E-state index contributed by atoms with van der Waals surface area (Å²) in [6.45, 7) is 0. The van der Waals surface area contributed by atoms with E-state index in [1.165, 1.54) is 0 Å². The van der Waals surface area contributed by atoms with Gasteiger partial charge in [-0.3, -0.25) is 0 Å². The molecule has 0 saturated carbocycles. The second kappa shape index (κ2) is 9.31. The number of phenolic OH excluding ortho intramolecular Hbond substituents is 2. The molecule has 0 amide bonds. The number of hydrogen-bond acceptors (Lipinski definition) is 4. The van der Waals surface area contributed by atoms with Crippen LogP contribution >= 0.6 is 0 Å². The highest BCUT2D eigenvalue weighted by molar-refractivity contribution is 5.99. The van der Waals surface area contributed by atoms with Gasteiger partial charge in [-0.1, -0.05) is 60.7 Å². The molecule has 0 fully saturated rings. The number of aromatic hydroxyl groups is 2. The maximum Gasteiger partial charge on any atom is 0.134 e. The molecule has 0 aliphatic heterocycles. The van der Waals surface area contributed by atoms with Crippen LogP contribution in [0.25, 0.3) is 35.1 Å². The third-order valence-electron chi connectivity index (χ3n) is 5.27. The van der Waals surface area contributed by atoms with Gasteiger partial charge in [0.15, 0.2) is 0 Å². The highest BCUT2D eigenvalue weighted by Crippen LogP contribution is 2.38. The van der Waals surface area contributed by atoms with Crippen molar-refractivity contribution in [3.05, 3.63) is 95.1 Å². The van der Waals surface area contributed by atoms with E-state index < -0.39 is 0 Å². The molecule has 4 rings (SSSR count). The van der Waals surface area contributed by atoms with Crippen LogP contribution in [0, 0.1) is 0 Å². The van der Waals surface area contributed by atoms with E-state index in [0.29, 0.717) is 0 Å². The minimum absolute atomic E-state index is 0.243. The Morgan fingerprint density at radius 2 is 0.875 bits per heavy atom. The zero-order valence-electron chi connectivity index (χ0n) is 17.9. The maximum absolute atomic E-state index is 9.46. The lowest BCUT2D eigenvalue weighted by molar-refractivity contribution is 0.414. The van der Waals surface area contributed by atoms with Crippen LogP contribution in [0.4, 0.5) is 0 Å². The Kier molecular flexibility index (Phi) is 6.13. The van der Waals surface area contributed by atoms with Gasteiger partial charge < -0.3 is 19.7 Å². The van der Waals surface area contributed by atoms with Crippen LogP contribution in [-0.4, -0.2) is 24.4 Å². The average Bonchev–Trinajstić information content (AvgIpc) is 2.82. The quantitative estimate of drug-likeness (QED) is 0.342. The molecule has 4 nitrogen and oxygen atoms in total. The van der Waals surface area contributed by atoms with Gasteiger partial charge in [0.1, 0.15) is 23.0 Å². The fourth-order valence-electron chi connectivity index (χ4n) is 3.65. The maximum atomic E-state index is 9.46. The minimum atomic E-state index is 0.243. The van der Waals surface area contributed by atoms with Crippen molar-refractivity contribution in [3.8, 4) is 23.0 Å². The van der Waals surface area contributed by atoms with E-state index in [9.17, 15) is 10.2 Å². The van der Waals surface area contributed by atoms with E-state index in [1.807, 2.05) is 72.8 Å². The fourth-order valence-corrected chi connectivity index (χ4v) is 3.65. The normalized spacial score (nSPS) is 11.4. The molecule has 4 aromatic carbocycles. The van der Waals surface area contributed by atoms with E-state index in [4.69, 9.17) is 9.47 Å². The van der Waals surface area contributed by atoms with Crippen molar-refractivity contribution in [1.82, 2.24) is 0 Å². The Morgan fingerprint density at radius 3 is 1.22 bits per heavy atom. The van der Waals surface area contributed by atoms with Crippen LogP contribution in [0.2, 0.25) is 0 Å². The molecule has 0 radical (unpaired) electrons. The molecular formula is C28H24O4. The molecule has 0 spiro atoms. The van der Waals surface area contributed by atoms with Crippen LogP contribution < -0.4 is 9.47 Å². The Hall–Kier alpha value is -4.18. The summed E-state index contributed by atoms with van der Waals surface area (Å²) in [5.41, 5.74) is 3.86. The highest BCUT2D eigenvalue weighted by atomic mass is 16.5. The summed E-state index contributed by atoms with van der Waals surface area (Å²) < 4.78 is 11.5. The number of hydrogen-bond donors (Lipinski definition) is 2. The van der Waals surface area contributed by atoms with Crippen molar-refractivity contribution in [3.63, 3.8) is 0 Å². The van der Waals surface area contributed by atoms with E-state index >= 15 is 0 Å². The predicted octanol–water partition coefficient (Wildman–Crippen LogP) is 6.61. The molecular weight excluding hydrogens is 400 g/mol. The van der Waals surface area contributed by atoms with Crippen LogP contribution in [0.15, 0.2) is 72.8 Å². The van der Waals surface area contributed by atoms with Crippen LogP contribution in [0.1, 0.15) is 22.3 Å². The van der Waals surface area contributed by atoms with Gasteiger partial charge in [-0.05, 0) is 47.5 Å². The zero-order valence-corrected chi connectivity index (χ0v) is 17.9. The number of ether oxygens (including phenoxy) is 2. The first kappa shape index (κ1) is 21.1. The summed E-state index contributed by atoms with van der Waals surface area (Å²) in [5, 5.41) is 20.8. The molecule has 4 heteroatoms. The van der Waals surface area contributed by atoms with Gasteiger partial charge in [-0.25, -0.2) is 0 Å². The second-order valence-electron chi connectivity index (χ2n) is 7.32. The Labute approximate surface area is 187 Å². The van der Waals surface area contributed by atoms with Crippen molar-refractivity contribution in [2.45, 2.75) is 0 Å². The molecule has 0 aromatic heterocycles. The van der Waals surface area contributed by atoms with Crippen LogP contribution in [0.5, 0.6) is 23.0 Å². The van der Waals surface area contributed by atoms with Gasteiger partial charge >= 0.3 is 0 Å². The summed E-state index contributed by atoms with van der Waals surface area (Å²) in [6, 6.07) is 22.2. The molecule has 0 heterocycles. The Morgan fingerprint density at radius 1 is 0.500 bits per heavy atom. The highest BCUT2D eigenvalue weighted by Gasteiger charge is 2.12. The lowest BCUT2D eigenvalue weighted by atomic mass is 10.00. The Balaban J connectivity index is 1.72. The number of benzene rings is 4. The summed E-state index contributed by atoms with van der Waals surface area (Å²) in [5.74, 6) is 2.02. The predicted molar refractivity (Wildman–Crippen MR) is 131 cm³/mol. The monoisotopic (exact) mass is 424 g/mol. The van der Waals surface area contributed by atoms with E-state index in [-0.39, 0.29) is 11.5 Å². The van der Waals surface area contributed by atoms with E-state index in [2.05, 4.69) is 0 Å². The number of rotatable bonds is 6. The lowest BCUT2D eigenvalue weighted by Gasteiger charge is -2.14. The molecule has 0 bridgehead atoms. The summed E-state index contributed by atoms with van der Waals surface area (Å²) in [7, 11) is 3.33. The lowest BCUT2D eigenvalue weighted by Crippen LogP contribution is -1.93. The molecule has 0 saturated heterocycles. The zero-order chi connectivity index (χ0) is 22.5. The first-order chi connectivity index (χ1) is 15.6. The molecule has 0 atom stereocenters. The smallest absolute Gasteiger partial charge is 0.134 e. The van der Waals surface area contributed by atoms with Crippen molar-refractivity contribution in [2.24, 2.45) is 0 Å². The number of phenols is 2. The van der Waals surface area contributed by atoms with Gasteiger partial charge in [0.2, 0.25) is 0 Å². The average molecular weight is 424 g/mol. The third kappa shape index (κ3) is 4.44. The molecule has 160 valence electrons. The molecule has 4 aromatic rings. The summed E-state index contributed by atoms with van der Waals surface area (Å²) >= 11 is 0. The first-order valence-electron chi connectivity index (χ1n) is 10.2. The Bertz CT molecular complexity index is 1180. The van der Waals surface area contributed by atoms with Crippen molar-refractivity contribution < 1.29 is 19.7 Å². The molecule has 0 aliphatic rings. The number of fused-ring (bicyclic) bond motifs is 1. The van der Waals surface area contributed by atoms with Crippen LogP contribution in [-0.2, 0) is 0 Å². The van der Waals surface area contributed by atoms with Crippen molar-refractivity contribution in [1.29, 1.82) is 0 Å². The topological polar surface area (TPSA) is 58.9 Å². The van der Waals surface area contributed by atoms with E-state index in [1.54, 1.807) is 38.5 Å². The summed E-state index contributed by atoms with van der Waals surface area (Å²) in [4.78, 5) is 0. The number of methoxy groups -OCH3 is 2. The van der Waals surface area contributed by atoms with Gasteiger partial charge in [-0.2, -0.15) is 0 Å². The SMILES string of the molecule is COc1c(/C=C/c2ccc(O)cc2)ccc2c(OC)c(/C=C/c3ccc(O)cc3)ccc12. The van der Waals surface area contributed by atoms with Gasteiger partial charge in [-0.15, -0.1) is 0 Å². The van der Waals surface area contributed by atoms with E-state index in [0.717, 1.165) is 44.5 Å². The standard InChI is InChI=1S/C28H24O4/c1-31-27-21(9-3-19-5-13-23(29)14-6-19)11-18-26-25(27)17-12-22(28(26)32-2)10-4-20-7-15-24(30)16-8-20/h3-18,29-30H,1-2H3/b9-3+,10-4+. The first-order valence-corrected chi connectivity index (χ1v) is 10.2. The fraction of sp³-hybridized carbons (Fsp3) is 0.0714.